The minimum Gasteiger partial charge on any atom is -0.756 e. The fraction of sp³-hybridized carbons (Fsp3) is 1.00. The van der Waals surface area contributed by atoms with Gasteiger partial charge in [-0.1, -0.05) is 0 Å². The summed E-state index contributed by atoms with van der Waals surface area (Å²) in [4.78, 5) is 20.8. The fourth-order valence-electron chi connectivity index (χ4n) is 0.707. The quantitative estimate of drug-likeness (QED) is 0.471. The summed E-state index contributed by atoms with van der Waals surface area (Å²) in [7, 11) is -7.89. The zero-order valence-electron chi connectivity index (χ0n) is 11.7. The molecule has 0 radical (unpaired) electrons. The summed E-state index contributed by atoms with van der Waals surface area (Å²) in [6, 6.07) is 0. The van der Waals surface area contributed by atoms with E-state index in [4.69, 9.17) is 0 Å². The topological polar surface area (TPSA) is 117 Å². The zero-order chi connectivity index (χ0) is 14.7. The van der Waals surface area contributed by atoms with Gasteiger partial charge in [0.25, 0.3) is 15.6 Å². The molecule has 0 spiro atoms. The van der Waals surface area contributed by atoms with E-state index in [2.05, 4.69) is 18.1 Å². The van der Waals surface area contributed by atoms with E-state index >= 15 is 0 Å². The van der Waals surface area contributed by atoms with Crippen molar-refractivity contribution in [1.29, 1.82) is 0 Å². The van der Waals surface area contributed by atoms with Gasteiger partial charge >= 0.3 is 23.1 Å². The van der Waals surface area contributed by atoms with Crippen molar-refractivity contribution in [1.82, 2.24) is 0 Å². The molecule has 112 valence electrons. The van der Waals surface area contributed by atoms with Gasteiger partial charge in [0, 0.05) is 0 Å². The second-order valence-electron chi connectivity index (χ2n) is 2.57. The van der Waals surface area contributed by atoms with Gasteiger partial charge in [-0.25, -0.2) is 0 Å². The van der Waals surface area contributed by atoms with Gasteiger partial charge in [-0.05, 0) is 27.7 Å². The molecule has 0 fully saturated rings. The van der Waals surface area contributed by atoms with Crippen LogP contribution in [0, 0.1) is 0 Å². The van der Waals surface area contributed by atoms with Crippen molar-refractivity contribution in [3.63, 3.8) is 0 Å². The maximum Gasteiger partial charge on any atom is 2.00 e. The molecule has 0 bridgehead atoms. The van der Waals surface area contributed by atoms with Crippen LogP contribution >= 0.6 is 15.6 Å². The van der Waals surface area contributed by atoms with E-state index in [1.807, 2.05) is 0 Å². The molecule has 0 aromatic heterocycles. The van der Waals surface area contributed by atoms with Crippen molar-refractivity contribution in [2.75, 3.05) is 26.4 Å². The number of rotatable bonds is 8. The standard InChI is InChI=1S/2C4H11O4P.Mg/c2*1-3-7-9(5,6)8-4-2;/h2*3-4H2,1-2H3,(H,5,6);/q;;+2/p-2. The second-order valence-corrected chi connectivity index (χ2v) is 5.39. The molecular formula is C8H20MgO8P2. The number of hydrogen-bond donors (Lipinski definition) is 0. The molecule has 8 nitrogen and oxygen atoms in total. The molecule has 0 aliphatic rings. The molecule has 0 saturated carbocycles. The van der Waals surface area contributed by atoms with Gasteiger partial charge in [-0.2, -0.15) is 0 Å². The van der Waals surface area contributed by atoms with Crippen molar-refractivity contribution < 1.29 is 37.0 Å². The molecule has 0 aliphatic carbocycles. The van der Waals surface area contributed by atoms with Crippen molar-refractivity contribution in [3.05, 3.63) is 0 Å². The van der Waals surface area contributed by atoms with Crippen molar-refractivity contribution in [3.8, 4) is 0 Å². The smallest absolute Gasteiger partial charge is 0.756 e. The van der Waals surface area contributed by atoms with E-state index in [-0.39, 0.29) is 49.5 Å². The third-order valence-corrected chi connectivity index (χ3v) is 3.45. The molecular weight excluding hydrogens is 310 g/mol. The normalized spacial score (nSPS) is 11.3. The first kappa shape index (κ1) is 25.0. The van der Waals surface area contributed by atoms with E-state index in [1.165, 1.54) is 0 Å². The SMILES string of the molecule is CCOP(=O)([O-])OCC.CCOP(=O)([O-])OCC.[Mg+2]. The van der Waals surface area contributed by atoms with E-state index in [0.717, 1.165) is 0 Å². The molecule has 0 aromatic carbocycles. The van der Waals surface area contributed by atoms with Crippen LogP contribution in [0.4, 0.5) is 0 Å². The van der Waals surface area contributed by atoms with Gasteiger partial charge < -0.3 is 27.9 Å². The van der Waals surface area contributed by atoms with Gasteiger partial charge in [0.2, 0.25) is 0 Å². The molecule has 0 atom stereocenters. The predicted octanol–water partition coefficient (Wildman–Crippen LogP) is 0.675. The fourth-order valence-corrected chi connectivity index (χ4v) is 2.12. The average molecular weight is 330 g/mol. The van der Waals surface area contributed by atoms with Gasteiger partial charge in [-0.3, -0.25) is 9.13 Å². The third-order valence-electron chi connectivity index (χ3n) is 1.15. The zero-order valence-corrected chi connectivity index (χ0v) is 14.9. The van der Waals surface area contributed by atoms with Crippen molar-refractivity contribution >= 4 is 38.7 Å². The molecule has 0 N–H and O–H groups in total. The van der Waals surface area contributed by atoms with Crippen LogP contribution in [0.25, 0.3) is 0 Å². The van der Waals surface area contributed by atoms with E-state index in [0.29, 0.717) is 0 Å². The van der Waals surface area contributed by atoms with Crippen molar-refractivity contribution in [2.24, 2.45) is 0 Å². The minimum absolute atomic E-state index is 0. The molecule has 0 heterocycles. The Balaban J connectivity index is -0.000000256. The Labute approximate surface area is 130 Å². The molecule has 19 heavy (non-hydrogen) atoms. The Morgan fingerprint density at radius 1 is 0.684 bits per heavy atom. The maximum absolute atomic E-state index is 10.4. The van der Waals surface area contributed by atoms with E-state index < -0.39 is 15.6 Å². The molecule has 0 aromatic rings. The van der Waals surface area contributed by atoms with E-state index in [1.54, 1.807) is 27.7 Å². The monoisotopic (exact) mass is 330 g/mol. The maximum atomic E-state index is 10.4. The summed E-state index contributed by atoms with van der Waals surface area (Å²) in [6.07, 6.45) is 0. The first-order valence-electron chi connectivity index (χ1n) is 5.44. The van der Waals surface area contributed by atoms with Crippen LogP contribution in [0.5, 0.6) is 0 Å². The van der Waals surface area contributed by atoms with Gasteiger partial charge in [0.1, 0.15) is 0 Å². The van der Waals surface area contributed by atoms with Crippen LogP contribution in [0.1, 0.15) is 27.7 Å². The summed E-state index contributed by atoms with van der Waals surface area (Å²) in [5.74, 6) is 0. The minimum atomic E-state index is -3.94. The summed E-state index contributed by atoms with van der Waals surface area (Å²) in [5, 5.41) is 0. The third kappa shape index (κ3) is 19.0. The van der Waals surface area contributed by atoms with Crippen LogP contribution in [0.3, 0.4) is 0 Å². The molecule has 0 aliphatic heterocycles. The van der Waals surface area contributed by atoms with Gasteiger partial charge in [0.05, 0.1) is 26.4 Å². The van der Waals surface area contributed by atoms with Crippen molar-refractivity contribution in [2.45, 2.75) is 27.7 Å². The molecule has 0 unspecified atom stereocenters. The Bertz CT molecular complexity index is 240. The summed E-state index contributed by atoms with van der Waals surface area (Å²) in [5.41, 5.74) is 0. The second kappa shape index (κ2) is 13.9. The summed E-state index contributed by atoms with van der Waals surface area (Å²) < 4.78 is 37.8. The first-order chi connectivity index (χ1) is 8.24. The van der Waals surface area contributed by atoms with E-state index in [9.17, 15) is 18.9 Å². The molecule has 0 amide bonds. The molecule has 0 rings (SSSR count). The van der Waals surface area contributed by atoms with Gasteiger partial charge in [0.15, 0.2) is 0 Å². The number of phosphoric acid groups is 2. The van der Waals surface area contributed by atoms with Crippen LogP contribution in [0.2, 0.25) is 0 Å². The largest absolute Gasteiger partial charge is 2.00 e. The summed E-state index contributed by atoms with van der Waals surface area (Å²) in [6.45, 7) is 6.85. The number of phosphoric ester groups is 2. The Hall–Kier alpha value is 0.986. The Kier molecular flexibility index (Phi) is 18.3. The van der Waals surface area contributed by atoms with Crippen LogP contribution < -0.4 is 9.79 Å². The van der Waals surface area contributed by atoms with Gasteiger partial charge in [-0.15, -0.1) is 0 Å². The van der Waals surface area contributed by atoms with Crippen LogP contribution in [-0.4, -0.2) is 49.5 Å². The van der Waals surface area contributed by atoms with Crippen LogP contribution in [0.15, 0.2) is 0 Å². The summed E-state index contributed by atoms with van der Waals surface area (Å²) >= 11 is 0. The molecule has 0 saturated heterocycles. The van der Waals surface area contributed by atoms with Crippen LogP contribution in [-0.2, 0) is 27.2 Å². The number of hydrogen-bond acceptors (Lipinski definition) is 8. The Morgan fingerprint density at radius 2 is 0.842 bits per heavy atom. The predicted molar refractivity (Wildman–Crippen MR) is 67.5 cm³/mol. The Morgan fingerprint density at radius 3 is 0.947 bits per heavy atom. The average Bonchev–Trinajstić information content (AvgIpc) is 2.17. The molecule has 11 heteroatoms. The first-order valence-corrected chi connectivity index (χ1v) is 8.36.